The lowest BCUT2D eigenvalue weighted by atomic mass is 10.0. The molecule has 0 unspecified atom stereocenters. The van der Waals surface area contributed by atoms with Crippen LogP contribution in [0.2, 0.25) is 0 Å². The van der Waals surface area contributed by atoms with Crippen LogP contribution in [0.4, 0.5) is 17.5 Å². The zero-order valence-electron chi connectivity index (χ0n) is 36.8. The van der Waals surface area contributed by atoms with Gasteiger partial charge in [0.1, 0.15) is 18.1 Å². The van der Waals surface area contributed by atoms with Crippen LogP contribution in [0.25, 0.3) is 11.2 Å². The Morgan fingerprint density at radius 1 is 0.742 bits per heavy atom. The fourth-order valence-electron chi connectivity index (χ4n) is 6.80. The van der Waals surface area contributed by atoms with Crippen molar-refractivity contribution in [1.29, 1.82) is 0 Å². The minimum atomic E-state index is -1.22. The van der Waals surface area contributed by atoms with Gasteiger partial charge in [-0.05, 0) is 93.3 Å². The molecule has 1 aliphatic rings. The van der Waals surface area contributed by atoms with E-state index in [-0.39, 0.29) is 78.9 Å². The highest BCUT2D eigenvalue weighted by molar-refractivity contribution is 6.12. The largest absolute Gasteiger partial charge is 0.480 e. The van der Waals surface area contributed by atoms with E-state index in [0.29, 0.717) is 54.6 Å². The highest BCUT2D eigenvalue weighted by atomic mass is 16.4. The van der Waals surface area contributed by atoms with Crippen LogP contribution in [0.1, 0.15) is 91.3 Å². The van der Waals surface area contributed by atoms with E-state index in [2.05, 4.69) is 46.5 Å². The van der Waals surface area contributed by atoms with Crippen molar-refractivity contribution in [3.8, 4) is 0 Å². The van der Waals surface area contributed by atoms with E-state index in [9.17, 15) is 43.5 Å². The Hall–Kier alpha value is -7.84. The number of imide groups is 1. The third-order valence-electron chi connectivity index (χ3n) is 10.6. The summed E-state index contributed by atoms with van der Waals surface area (Å²) in [7, 11) is 0. The first kappa shape index (κ1) is 49.2. The molecule has 0 fully saturated rings. The van der Waals surface area contributed by atoms with E-state index in [1.807, 2.05) is 0 Å². The van der Waals surface area contributed by atoms with Crippen LogP contribution in [-0.2, 0) is 41.6 Å². The number of nitrogens with two attached hydrogens (primary N) is 2. The van der Waals surface area contributed by atoms with Crippen molar-refractivity contribution in [2.45, 2.75) is 90.3 Å². The number of fused-ring (bicyclic) bond motifs is 1. The number of carboxylic acid groups (broad SMARTS) is 1. The molecule has 4 aromatic rings. The van der Waals surface area contributed by atoms with Crippen LogP contribution in [0.5, 0.6) is 0 Å². The zero-order chi connectivity index (χ0) is 47.9. The molecular formula is C45H54N12O9. The van der Waals surface area contributed by atoms with Gasteiger partial charge >= 0.3 is 5.97 Å². The molecule has 0 saturated heterocycles. The van der Waals surface area contributed by atoms with E-state index >= 15 is 0 Å². The van der Waals surface area contributed by atoms with Gasteiger partial charge in [-0.2, -0.15) is 9.97 Å². The van der Waals surface area contributed by atoms with Gasteiger partial charge in [-0.25, -0.2) is 14.8 Å². The Labute approximate surface area is 380 Å². The molecule has 1 aliphatic heterocycles. The Morgan fingerprint density at radius 2 is 1.41 bits per heavy atom. The number of aliphatic carboxylic acids is 1. The second-order valence-corrected chi connectivity index (χ2v) is 16.0. The van der Waals surface area contributed by atoms with E-state index < -0.39 is 47.7 Å². The maximum absolute atomic E-state index is 13.1. The number of amides is 7. The van der Waals surface area contributed by atoms with Crippen LogP contribution >= 0.6 is 0 Å². The molecule has 7 amide bonds. The van der Waals surface area contributed by atoms with Crippen LogP contribution in [0, 0.1) is 5.92 Å². The minimum absolute atomic E-state index is 0.00800. The van der Waals surface area contributed by atoms with Gasteiger partial charge in [0.05, 0.1) is 11.9 Å². The predicted octanol–water partition coefficient (Wildman–Crippen LogP) is 1.83. The molecule has 3 heterocycles. The number of carboxylic acids is 1. The number of carbonyl (C=O) groups excluding carboxylic acids is 7. The van der Waals surface area contributed by atoms with Crippen molar-refractivity contribution in [3.63, 3.8) is 0 Å². The molecule has 0 aliphatic carbocycles. The van der Waals surface area contributed by atoms with Crippen molar-refractivity contribution in [1.82, 2.24) is 46.1 Å². The van der Waals surface area contributed by atoms with Gasteiger partial charge < -0.3 is 43.2 Å². The first-order valence-corrected chi connectivity index (χ1v) is 21.5. The summed E-state index contributed by atoms with van der Waals surface area (Å²) in [5.41, 5.74) is 14.7. The second-order valence-electron chi connectivity index (χ2n) is 16.0. The van der Waals surface area contributed by atoms with Crippen LogP contribution in [0.3, 0.4) is 0 Å². The molecule has 66 heavy (non-hydrogen) atoms. The summed E-state index contributed by atoms with van der Waals surface area (Å²) in [6.07, 6.45) is 7.20. The van der Waals surface area contributed by atoms with E-state index in [4.69, 9.17) is 11.5 Å². The van der Waals surface area contributed by atoms with Crippen molar-refractivity contribution in [2.75, 3.05) is 29.9 Å². The highest BCUT2D eigenvalue weighted by Gasteiger charge is 2.28. The summed E-state index contributed by atoms with van der Waals surface area (Å²) in [6, 6.07) is 9.68. The Morgan fingerprint density at radius 3 is 2.08 bits per heavy atom. The third kappa shape index (κ3) is 14.1. The molecule has 0 saturated carbocycles. The average molecular weight is 907 g/mol. The average Bonchev–Trinajstić information content (AvgIpc) is 3.60. The van der Waals surface area contributed by atoms with Gasteiger partial charge in [-0.1, -0.05) is 32.4 Å². The molecule has 348 valence electrons. The van der Waals surface area contributed by atoms with Gasteiger partial charge in [0.25, 0.3) is 23.6 Å². The van der Waals surface area contributed by atoms with Crippen molar-refractivity contribution in [2.24, 2.45) is 5.92 Å². The topological polar surface area (TPSA) is 324 Å². The number of aromatic nitrogens is 4. The molecule has 21 heteroatoms. The quantitative estimate of drug-likeness (QED) is 0.0389. The van der Waals surface area contributed by atoms with Gasteiger partial charge in [-0.15, -0.1) is 0 Å². The third-order valence-corrected chi connectivity index (χ3v) is 10.6. The van der Waals surface area contributed by atoms with Crippen LogP contribution in [0.15, 0.2) is 66.9 Å². The Bertz CT molecular complexity index is 2460. The van der Waals surface area contributed by atoms with Crippen molar-refractivity contribution >= 4 is 75.9 Å². The lowest BCUT2D eigenvalue weighted by Gasteiger charge is -2.24. The Balaban J connectivity index is 0.987. The summed E-state index contributed by atoms with van der Waals surface area (Å²) in [5.74, 6) is -4.47. The molecular weight excluding hydrogens is 853 g/mol. The number of hydrogen-bond donors (Lipinski definition) is 8. The van der Waals surface area contributed by atoms with Gasteiger partial charge in [0, 0.05) is 48.5 Å². The summed E-state index contributed by atoms with van der Waals surface area (Å²) in [6.45, 7) is 5.42. The number of aryl methyl sites for hydroxylation is 2. The van der Waals surface area contributed by atoms with Crippen LogP contribution in [-0.4, -0.2) is 108 Å². The summed E-state index contributed by atoms with van der Waals surface area (Å²) < 4.78 is 0. The van der Waals surface area contributed by atoms with Gasteiger partial charge in [-0.3, -0.25) is 38.5 Å². The Kier molecular flexibility index (Phi) is 17.3. The molecule has 0 spiro atoms. The fourth-order valence-corrected chi connectivity index (χ4v) is 6.80. The summed E-state index contributed by atoms with van der Waals surface area (Å²) in [5, 5.41) is 23.1. The lowest BCUT2D eigenvalue weighted by molar-refractivity contribution is -0.139. The SMILES string of the molecule is CC(C)[C@H](NC(=O)CCCCCN1C(=O)C=CC1=O)C(=O)N[C@@H](C)C(=O)Nc1ccc(C(=O)NCCC[C@H](NC(=O)c2ccc(CCc3cnc4nc(N)nc(N)c4n3)cc2)C(=O)O)cc1. The number of nitrogens with zero attached hydrogens (tertiary/aromatic N) is 5. The number of anilines is 3. The zero-order valence-corrected chi connectivity index (χ0v) is 36.8. The highest BCUT2D eigenvalue weighted by Crippen LogP contribution is 2.17. The monoisotopic (exact) mass is 906 g/mol. The second kappa shape index (κ2) is 23.2. The number of nitrogens with one attached hydrogen (secondary N) is 5. The predicted molar refractivity (Wildman–Crippen MR) is 242 cm³/mol. The number of benzene rings is 2. The van der Waals surface area contributed by atoms with E-state index in [1.54, 1.807) is 44.3 Å². The maximum atomic E-state index is 13.1. The van der Waals surface area contributed by atoms with Gasteiger partial charge in [0.15, 0.2) is 17.0 Å². The number of nitrogen functional groups attached to an aromatic ring is 2. The summed E-state index contributed by atoms with van der Waals surface area (Å²) >= 11 is 0. The molecule has 0 radical (unpaired) electrons. The van der Waals surface area contributed by atoms with E-state index in [1.165, 1.54) is 43.3 Å². The van der Waals surface area contributed by atoms with Crippen molar-refractivity contribution in [3.05, 3.63) is 89.3 Å². The first-order chi connectivity index (χ1) is 31.5. The molecule has 21 nitrogen and oxygen atoms in total. The number of carbonyl (C=O) groups is 8. The van der Waals surface area contributed by atoms with Crippen LogP contribution < -0.4 is 38.1 Å². The first-order valence-electron chi connectivity index (χ1n) is 21.5. The van der Waals surface area contributed by atoms with Gasteiger partial charge in [0.2, 0.25) is 23.7 Å². The standard InChI is InChI=1S/C45H54N12O9/c1-25(2)36(54-33(58)9-5-4-6-23-57-34(59)20-21-35(57)60)43(64)50-26(3)40(61)52-30-18-15-28(16-19-30)41(62)48-22-7-8-32(44(65)66)53-42(63)29-13-10-27(11-14-29)12-17-31-24-49-39-37(51-31)38(46)55-45(47)56-39/h10-11,13-16,18-21,24-26,32,36H,4-9,12,17,22-23H2,1-3H3,(H,48,62)(H,50,64)(H,52,61)(H,53,63)(H,54,58)(H,65,66)(H4,46,47,49,55,56)/t26-,32-,36-/m0/s1. The molecule has 2 aromatic carbocycles. The molecule has 3 atom stereocenters. The lowest BCUT2D eigenvalue weighted by Crippen LogP contribution is -2.53. The normalized spacial score (nSPS) is 13.5. The maximum Gasteiger partial charge on any atom is 0.326 e. The molecule has 0 bridgehead atoms. The van der Waals surface area contributed by atoms with E-state index in [0.717, 1.165) is 10.5 Å². The summed E-state index contributed by atoms with van der Waals surface area (Å²) in [4.78, 5) is 118. The molecule has 10 N–H and O–H groups in total. The molecule has 5 rings (SSSR count). The fraction of sp³-hybridized carbons (Fsp3) is 0.378. The number of rotatable bonds is 23. The van der Waals surface area contributed by atoms with Crippen molar-refractivity contribution < 1.29 is 43.5 Å². The molecule has 2 aromatic heterocycles. The number of hydrogen-bond acceptors (Lipinski definition) is 14. The minimum Gasteiger partial charge on any atom is -0.480 e. The smallest absolute Gasteiger partial charge is 0.326 e. The number of unbranched alkanes of at least 4 members (excludes halogenated alkanes) is 2.